The first-order valence-electron chi connectivity index (χ1n) is 13.4. The van der Waals surface area contributed by atoms with Gasteiger partial charge < -0.3 is 8.69 Å². The Morgan fingerprint density at radius 3 is 0.941 bits per heavy atom. The molecular weight excluding hydrogens is 449 g/mol. The molecule has 0 aromatic carbocycles. The van der Waals surface area contributed by atoms with Crippen molar-refractivity contribution in [1.29, 1.82) is 5.26 Å². The fourth-order valence-corrected chi connectivity index (χ4v) is 25.5. The molecule has 0 saturated carbocycles. The van der Waals surface area contributed by atoms with Crippen molar-refractivity contribution in [2.45, 2.75) is 174 Å². The number of hydrogen-bond donors (Lipinski definition) is 0. The van der Waals surface area contributed by atoms with Gasteiger partial charge in [0.1, 0.15) is 0 Å². The van der Waals surface area contributed by atoms with Gasteiger partial charge in [0.2, 0.25) is 0 Å². The summed E-state index contributed by atoms with van der Waals surface area (Å²) in [7, 11) is -5.28. The summed E-state index contributed by atoms with van der Waals surface area (Å²) in [5, 5.41) is 9.36. The molecule has 0 N–H and O–H groups in total. The normalized spacial score (nSPS) is 15.3. The fraction of sp³-hybridized carbons (Fsp3) is 0.964. The Morgan fingerprint density at radius 2 is 0.765 bits per heavy atom. The standard InChI is InChI=1S/C28H60BNO2Si2/c1-23(2,3)33(24(4,5)6,25(7,8)9)31-29(21-19-20-22-30)32-34(26(10,11)12,27(13,14)15)28(16,17)18/h19-21H2,1-18H3. The van der Waals surface area contributed by atoms with Gasteiger partial charge in [-0.3, -0.25) is 0 Å². The average molecular weight is 510 g/mol. The van der Waals surface area contributed by atoms with Crippen molar-refractivity contribution in [2.24, 2.45) is 0 Å². The fourth-order valence-electron chi connectivity index (χ4n) is 8.69. The largest absolute Gasteiger partial charge is 0.452 e. The van der Waals surface area contributed by atoms with Crippen molar-refractivity contribution < 1.29 is 8.69 Å². The summed E-state index contributed by atoms with van der Waals surface area (Å²) in [5.41, 5.74) is 0. The maximum atomic E-state index is 9.31. The lowest BCUT2D eigenvalue weighted by atomic mass is 9.84. The molecule has 0 unspecified atom stereocenters. The van der Waals surface area contributed by atoms with Crippen LogP contribution in [0.4, 0.5) is 0 Å². The topological polar surface area (TPSA) is 42.2 Å². The Kier molecular flexibility index (Phi) is 10.3. The third-order valence-corrected chi connectivity index (χ3v) is 21.6. The summed E-state index contributed by atoms with van der Waals surface area (Å²) in [6.07, 6.45) is 2.10. The first kappa shape index (κ1) is 33.9. The molecule has 0 atom stereocenters. The molecule has 3 nitrogen and oxygen atoms in total. The molecule has 0 amide bonds. The molecule has 0 saturated heterocycles. The lowest BCUT2D eigenvalue weighted by Crippen LogP contribution is -2.67. The van der Waals surface area contributed by atoms with Crippen molar-refractivity contribution in [3.8, 4) is 6.07 Å². The van der Waals surface area contributed by atoms with E-state index in [0.717, 1.165) is 12.7 Å². The van der Waals surface area contributed by atoms with E-state index < -0.39 is 16.6 Å². The lowest BCUT2D eigenvalue weighted by Gasteiger charge is -2.62. The molecule has 0 spiro atoms. The monoisotopic (exact) mass is 509 g/mol. The second-order valence-corrected chi connectivity index (χ2v) is 28.8. The minimum Gasteiger partial charge on any atom is -0.452 e. The van der Waals surface area contributed by atoms with Crippen LogP contribution in [0.25, 0.3) is 0 Å². The van der Waals surface area contributed by atoms with Crippen molar-refractivity contribution in [1.82, 2.24) is 0 Å². The minimum atomic E-state index is -2.49. The van der Waals surface area contributed by atoms with Crippen LogP contribution in [0.15, 0.2) is 0 Å². The van der Waals surface area contributed by atoms with E-state index in [1.807, 2.05) is 0 Å². The summed E-state index contributed by atoms with van der Waals surface area (Å²) in [4.78, 5) is 0. The Bertz CT molecular complexity index is 578. The first-order chi connectivity index (χ1) is 14.6. The molecule has 0 rings (SSSR count). The third kappa shape index (κ3) is 6.42. The lowest BCUT2D eigenvalue weighted by molar-refractivity contribution is 0.293. The molecule has 0 fully saturated rings. The highest BCUT2D eigenvalue weighted by atomic mass is 28.4. The smallest absolute Gasteiger partial charge is 0.435 e. The maximum absolute atomic E-state index is 9.31. The quantitative estimate of drug-likeness (QED) is 0.253. The van der Waals surface area contributed by atoms with E-state index in [2.05, 4.69) is 131 Å². The molecule has 0 aromatic heterocycles. The van der Waals surface area contributed by atoms with Gasteiger partial charge in [0.15, 0.2) is 16.6 Å². The molecule has 0 heterocycles. The van der Waals surface area contributed by atoms with Gasteiger partial charge >= 0.3 is 7.12 Å². The van der Waals surface area contributed by atoms with Crippen LogP contribution in [0.2, 0.25) is 36.5 Å². The van der Waals surface area contributed by atoms with Gasteiger partial charge in [-0.25, -0.2) is 0 Å². The molecule has 0 aliphatic heterocycles. The first-order valence-corrected chi connectivity index (χ1v) is 17.2. The summed E-state index contributed by atoms with van der Waals surface area (Å²) in [6, 6.07) is 2.34. The Labute approximate surface area is 217 Å². The number of nitrogens with zero attached hydrogens (tertiary/aromatic N) is 1. The van der Waals surface area contributed by atoms with Gasteiger partial charge in [0.05, 0.1) is 6.07 Å². The summed E-state index contributed by atoms with van der Waals surface area (Å²) in [6.45, 7) is 42.6. The zero-order valence-electron chi connectivity index (χ0n) is 26.5. The van der Waals surface area contributed by atoms with Crippen LogP contribution in [0, 0.1) is 11.3 Å². The molecule has 0 aliphatic rings. The maximum Gasteiger partial charge on any atom is 0.435 e. The highest BCUT2D eigenvalue weighted by Gasteiger charge is 2.66. The molecule has 0 radical (unpaired) electrons. The number of hydrogen-bond acceptors (Lipinski definition) is 3. The van der Waals surface area contributed by atoms with Gasteiger partial charge in [-0.2, -0.15) is 5.26 Å². The van der Waals surface area contributed by atoms with Gasteiger partial charge in [-0.15, -0.1) is 0 Å². The van der Waals surface area contributed by atoms with Crippen molar-refractivity contribution in [3.05, 3.63) is 0 Å². The Morgan fingerprint density at radius 1 is 0.529 bits per heavy atom. The third-order valence-electron chi connectivity index (χ3n) is 7.68. The van der Waals surface area contributed by atoms with Crippen molar-refractivity contribution >= 4 is 23.8 Å². The molecule has 6 heteroatoms. The average Bonchev–Trinajstić information content (AvgIpc) is 2.49. The molecule has 0 aromatic rings. The Hall–Kier alpha value is -0.0913. The second-order valence-electron chi connectivity index (χ2n) is 16.6. The second kappa shape index (κ2) is 10.3. The van der Waals surface area contributed by atoms with Crippen LogP contribution < -0.4 is 0 Å². The molecule has 0 aliphatic carbocycles. The van der Waals surface area contributed by atoms with Crippen molar-refractivity contribution in [2.75, 3.05) is 0 Å². The van der Waals surface area contributed by atoms with E-state index in [9.17, 15) is 5.26 Å². The molecule has 200 valence electrons. The number of nitriles is 1. The minimum absolute atomic E-state index is 0.00967. The van der Waals surface area contributed by atoms with Crippen LogP contribution in [0.5, 0.6) is 0 Å². The van der Waals surface area contributed by atoms with Crippen LogP contribution in [-0.4, -0.2) is 23.8 Å². The van der Waals surface area contributed by atoms with E-state index in [-0.39, 0.29) is 37.3 Å². The number of rotatable bonds is 7. The van der Waals surface area contributed by atoms with Crippen LogP contribution in [0.3, 0.4) is 0 Å². The van der Waals surface area contributed by atoms with Gasteiger partial charge in [-0.05, 0) is 43.0 Å². The van der Waals surface area contributed by atoms with E-state index in [0.29, 0.717) is 6.42 Å². The van der Waals surface area contributed by atoms with Gasteiger partial charge in [-0.1, -0.05) is 125 Å². The zero-order chi connectivity index (χ0) is 27.8. The summed E-state index contributed by atoms with van der Waals surface area (Å²) >= 11 is 0. The predicted molar refractivity (Wildman–Crippen MR) is 157 cm³/mol. The van der Waals surface area contributed by atoms with Gasteiger partial charge in [0.25, 0.3) is 0 Å². The van der Waals surface area contributed by atoms with Crippen LogP contribution >= 0.6 is 0 Å². The predicted octanol–water partition coefficient (Wildman–Crippen LogP) is 10.5. The van der Waals surface area contributed by atoms with Gasteiger partial charge in [0, 0.05) is 6.42 Å². The van der Waals surface area contributed by atoms with Crippen LogP contribution in [0.1, 0.15) is 137 Å². The van der Waals surface area contributed by atoms with E-state index in [1.54, 1.807) is 0 Å². The van der Waals surface area contributed by atoms with E-state index in [4.69, 9.17) is 8.69 Å². The van der Waals surface area contributed by atoms with Crippen LogP contribution in [-0.2, 0) is 8.69 Å². The van der Waals surface area contributed by atoms with E-state index in [1.165, 1.54) is 0 Å². The zero-order valence-corrected chi connectivity index (χ0v) is 28.5. The highest BCUT2D eigenvalue weighted by Crippen LogP contribution is 2.65. The van der Waals surface area contributed by atoms with E-state index >= 15 is 0 Å². The summed E-state index contributed by atoms with van der Waals surface area (Å²) < 4.78 is 15.1. The molecule has 0 bridgehead atoms. The highest BCUT2D eigenvalue weighted by molar-refractivity contribution is 6.90. The Balaban J connectivity index is 7.16. The number of unbranched alkanes of at least 4 members (excludes halogenated alkanes) is 1. The SMILES string of the molecule is CC(C)(C)[Si](OB(CCCC#N)O[Si](C(C)(C)C)(C(C)(C)C)C(C)(C)C)(C(C)(C)C)C(C)(C)C. The van der Waals surface area contributed by atoms with Crippen molar-refractivity contribution in [3.63, 3.8) is 0 Å². The molecular formula is C28H60BNO2Si2. The molecule has 34 heavy (non-hydrogen) atoms. The summed E-state index contributed by atoms with van der Waals surface area (Å²) in [5.74, 6) is 0.